The van der Waals surface area contributed by atoms with E-state index in [2.05, 4.69) is 27.7 Å². The molecule has 0 unspecified atom stereocenters. The lowest BCUT2D eigenvalue weighted by Gasteiger charge is -2.36. The van der Waals surface area contributed by atoms with Crippen LogP contribution in [0.1, 0.15) is 53.4 Å². The maximum atomic E-state index is 12.1. The van der Waals surface area contributed by atoms with Gasteiger partial charge in [-0.05, 0) is 12.8 Å². The molecule has 0 aromatic heterocycles. The molecule has 2 atom stereocenters. The van der Waals surface area contributed by atoms with Crippen LogP contribution in [0.3, 0.4) is 0 Å². The van der Waals surface area contributed by atoms with Gasteiger partial charge in [0.2, 0.25) is 0 Å². The van der Waals surface area contributed by atoms with Crippen LogP contribution in [-0.4, -0.2) is 24.8 Å². The van der Waals surface area contributed by atoms with Gasteiger partial charge in [0.15, 0.2) is 5.79 Å². The second-order valence-corrected chi connectivity index (χ2v) is 6.60. The number of Topliss-reactive ketones (excluding diaryl/α,β-unsaturated/α-hetero) is 1. The zero-order valence-corrected chi connectivity index (χ0v) is 12.1. The molecule has 0 bridgehead atoms. The van der Waals surface area contributed by atoms with Gasteiger partial charge in [-0.3, -0.25) is 4.79 Å². The Morgan fingerprint density at radius 3 is 2.39 bits per heavy atom. The van der Waals surface area contributed by atoms with Crippen LogP contribution < -0.4 is 0 Å². The lowest BCUT2D eigenvalue weighted by Crippen LogP contribution is -2.41. The van der Waals surface area contributed by atoms with E-state index in [0.717, 1.165) is 32.5 Å². The molecule has 1 saturated heterocycles. The van der Waals surface area contributed by atoms with E-state index in [1.54, 1.807) is 0 Å². The Bertz CT molecular complexity index is 312. The predicted molar refractivity (Wildman–Crippen MR) is 70.2 cm³/mol. The van der Waals surface area contributed by atoms with Crippen LogP contribution in [-0.2, 0) is 14.3 Å². The minimum Gasteiger partial charge on any atom is -0.349 e. The highest BCUT2D eigenvalue weighted by molar-refractivity contribution is 5.81. The molecule has 0 aromatic carbocycles. The van der Waals surface area contributed by atoms with E-state index < -0.39 is 5.79 Å². The second kappa shape index (κ2) is 4.93. The van der Waals surface area contributed by atoms with Gasteiger partial charge < -0.3 is 9.47 Å². The minimum absolute atomic E-state index is 0.105. The zero-order chi connectivity index (χ0) is 13.4. The summed E-state index contributed by atoms with van der Waals surface area (Å²) in [4.78, 5) is 12.1. The van der Waals surface area contributed by atoms with Gasteiger partial charge in [-0.2, -0.15) is 0 Å². The van der Waals surface area contributed by atoms with Crippen molar-refractivity contribution in [3.63, 3.8) is 0 Å². The van der Waals surface area contributed by atoms with E-state index in [0.29, 0.717) is 12.2 Å². The number of ether oxygens (including phenoxy) is 2. The molecule has 1 spiro atoms. The standard InChI is InChI=1S/C15H26O3/c1-5-7-13(16)11(6-2)12-8-15(12)17-9-14(3,4)10-18-15/h11-12H,5-10H2,1-4H3/t11-,12-/m1/s1. The van der Waals surface area contributed by atoms with E-state index >= 15 is 0 Å². The summed E-state index contributed by atoms with van der Waals surface area (Å²) in [7, 11) is 0. The van der Waals surface area contributed by atoms with Crippen molar-refractivity contribution in [1.29, 1.82) is 0 Å². The summed E-state index contributed by atoms with van der Waals surface area (Å²) in [5.74, 6) is 0.391. The Morgan fingerprint density at radius 2 is 1.89 bits per heavy atom. The summed E-state index contributed by atoms with van der Waals surface area (Å²) < 4.78 is 11.9. The summed E-state index contributed by atoms with van der Waals surface area (Å²) in [6.07, 6.45) is 3.43. The summed E-state index contributed by atoms with van der Waals surface area (Å²) >= 11 is 0. The normalized spacial score (nSPS) is 30.1. The topological polar surface area (TPSA) is 35.5 Å². The first-order valence-electron chi connectivity index (χ1n) is 7.25. The predicted octanol–water partition coefficient (Wildman–Crippen LogP) is 3.17. The average molecular weight is 254 g/mol. The van der Waals surface area contributed by atoms with Gasteiger partial charge in [0.05, 0.1) is 13.2 Å². The van der Waals surface area contributed by atoms with E-state index in [1.807, 2.05) is 0 Å². The van der Waals surface area contributed by atoms with Gasteiger partial charge in [-0.1, -0.05) is 27.7 Å². The molecule has 3 heteroatoms. The van der Waals surface area contributed by atoms with Crippen LogP contribution in [0.5, 0.6) is 0 Å². The van der Waals surface area contributed by atoms with Gasteiger partial charge in [0.1, 0.15) is 5.78 Å². The maximum absolute atomic E-state index is 12.1. The van der Waals surface area contributed by atoms with Crippen LogP contribution in [0.4, 0.5) is 0 Å². The first-order chi connectivity index (χ1) is 8.44. The van der Waals surface area contributed by atoms with Crippen molar-refractivity contribution < 1.29 is 14.3 Å². The molecule has 0 N–H and O–H groups in total. The summed E-state index contributed by atoms with van der Waals surface area (Å²) in [5, 5.41) is 0. The van der Waals surface area contributed by atoms with Crippen LogP contribution in [0.25, 0.3) is 0 Å². The number of hydrogen-bond donors (Lipinski definition) is 0. The highest BCUT2D eigenvalue weighted by Crippen LogP contribution is 2.56. The molecule has 3 nitrogen and oxygen atoms in total. The van der Waals surface area contributed by atoms with Crippen LogP contribution in [0.15, 0.2) is 0 Å². The van der Waals surface area contributed by atoms with E-state index in [-0.39, 0.29) is 17.3 Å². The van der Waals surface area contributed by atoms with Gasteiger partial charge in [-0.25, -0.2) is 0 Å². The SMILES string of the molecule is CCCC(=O)[C@H](CC)[C@H]1CC12OCC(C)(C)CO2. The van der Waals surface area contributed by atoms with Crippen molar-refractivity contribution in [3.8, 4) is 0 Å². The third kappa shape index (κ3) is 2.62. The van der Waals surface area contributed by atoms with Crippen molar-refractivity contribution in [2.45, 2.75) is 59.2 Å². The summed E-state index contributed by atoms with van der Waals surface area (Å²) in [6.45, 7) is 9.93. The fourth-order valence-electron chi connectivity index (χ4n) is 2.92. The largest absolute Gasteiger partial charge is 0.349 e. The van der Waals surface area contributed by atoms with E-state index in [4.69, 9.17) is 9.47 Å². The number of ketones is 1. The van der Waals surface area contributed by atoms with E-state index in [1.165, 1.54) is 0 Å². The molecule has 1 aliphatic heterocycles. The Labute approximate surface area is 110 Å². The Hall–Kier alpha value is -0.410. The van der Waals surface area contributed by atoms with Crippen LogP contribution in [0.2, 0.25) is 0 Å². The quantitative estimate of drug-likeness (QED) is 0.756. The number of rotatable bonds is 5. The fourth-order valence-corrected chi connectivity index (χ4v) is 2.92. The highest BCUT2D eigenvalue weighted by atomic mass is 16.7. The van der Waals surface area contributed by atoms with Crippen molar-refractivity contribution >= 4 is 5.78 Å². The van der Waals surface area contributed by atoms with Gasteiger partial charge >= 0.3 is 0 Å². The van der Waals surface area contributed by atoms with Crippen molar-refractivity contribution in [2.24, 2.45) is 17.3 Å². The molecule has 2 rings (SSSR count). The van der Waals surface area contributed by atoms with Crippen LogP contribution in [0, 0.1) is 17.3 Å². The third-order valence-corrected chi connectivity index (χ3v) is 4.16. The molecule has 1 heterocycles. The lowest BCUT2D eigenvalue weighted by atomic mass is 9.91. The zero-order valence-electron chi connectivity index (χ0n) is 12.1. The van der Waals surface area contributed by atoms with Crippen molar-refractivity contribution in [3.05, 3.63) is 0 Å². The van der Waals surface area contributed by atoms with Gasteiger partial charge in [0, 0.05) is 30.1 Å². The lowest BCUT2D eigenvalue weighted by molar-refractivity contribution is -0.252. The number of carbonyl (C=O) groups excluding carboxylic acids is 1. The van der Waals surface area contributed by atoms with Gasteiger partial charge in [-0.15, -0.1) is 0 Å². The first kappa shape index (κ1) is 14.0. The Morgan fingerprint density at radius 1 is 1.28 bits per heavy atom. The average Bonchev–Trinajstić information content (AvgIpc) is 3.00. The molecule has 1 saturated carbocycles. The second-order valence-electron chi connectivity index (χ2n) is 6.60. The number of carbonyl (C=O) groups is 1. The summed E-state index contributed by atoms with van der Waals surface area (Å²) in [5.41, 5.74) is 0.105. The highest BCUT2D eigenvalue weighted by Gasteiger charge is 2.63. The maximum Gasteiger partial charge on any atom is 0.172 e. The monoisotopic (exact) mass is 254 g/mol. The molecule has 1 aliphatic carbocycles. The van der Waals surface area contributed by atoms with Crippen LogP contribution >= 0.6 is 0 Å². The molecular formula is C15H26O3. The molecule has 18 heavy (non-hydrogen) atoms. The molecular weight excluding hydrogens is 228 g/mol. The fraction of sp³-hybridized carbons (Fsp3) is 0.933. The molecule has 104 valence electrons. The van der Waals surface area contributed by atoms with Crippen molar-refractivity contribution in [1.82, 2.24) is 0 Å². The van der Waals surface area contributed by atoms with Crippen molar-refractivity contribution in [2.75, 3.05) is 13.2 Å². The molecule has 2 fully saturated rings. The summed E-state index contributed by atoms with van der Waals surface area (Å²) in [6, 6.07) is 0. The molecule has 0 radical (unpaired) electrons. The molecule has 0 amide bonds. The Balaban J connectivity index is 1.95. The molecule has 2 aliphatic rings. The first-order valence-corrected chi connectivity index (χ1v) is 7.25. The third-order valence-electron chi connectivity index (χ3n) is 4.16. The van der Waals surface area contributed by atoms with E-state index in [9.17, 15) is 4.79 Å². The smallest absolute Gasteiger partial charge is 0.172 e. The number of hydrogen-bond acceptors (Lipinski definition) is 3. The van der Waals surface area contributed by atoms with Gasteiger partial charge in [0.25, 0.3) is 0 Å². The minimum atomic E-state index is -0.417. The Kier molecular flexibility index (Phi) is 3.84. The molecule has 0 aromatic rings.